The van der Waals surface area contributed by atoms with Crippen molar-refractivity contribution < 1.29 is 4.39 Å². The van der Waals surface area contributed by atoms with Crippen molar-refractivity contribution in [2.45, 2.75) is 25.9 Å². The van der Waals surface area contributed by atoms with Crippen molar-refractivity contribution >= 4 is 27.5 Å². The van der Waals surface area contributed by atoms with Crippen molar-refractivity contribution in [3.63, 3.8) is 0 Å². The molecule has 3 N–H and O–H groups in total. The summed E-state index contributed by atoms with van der Waals surface area (Å²) in [5.41, 5.74) is 4.10. The fourth-order valence-corrected chi connectivity index (χ4v) is 2.57. The molecule has 2 rings (SSSR count). The molecule has 1 aromatic heterocycles. The van der Waals surface area contributed by atoms with Crippen LogP contribution in [0.4, 0.5) is 4.39 Å². The monoisotopic (exact) mass is 360 g/mol. The van der Waals surface area contributed by atoms with Crippen molar-refractivity contribution in [2.75, 3.05) is 0 Å². The highest BCUT2D eigenvalue weighted by Crippen LogP contribution is 2.29. The predicted octanol–water partition coefficient (Wildman–Crippen LogP) is 3.40. The Morgan fingerprint density at radius 3 is 2.90 bits per heavy atom. The normalized spacial score (nSPS) is 12.7. The molecule has 1 atom stereocenters. The lowest BCUT2D eigenvalue weighted by molar-refractivity contribution is 0.518. The Balaban J connectivity index is 2.46. The van der Waals surface area contributed by atoms with Gasteiger partial charge in [0.1, 0.15) is 5.82 Å². The molecular formula is C13H15BrClFN4. The molecule has 0 aliphatic heterocycles. The topological polar surface area (TPSA) is 55.9 Å². The Labute approximate surface area is 130 Å². The van der Waals surface area contributed by atoms with Gasteiger partial charge in [-0.05, 0) is 40.0 Å². The quantitative estimate of drug-likeness (QED) is 0.634. The number of aryl methyl sites for hydroxylation is 1. The molecule has 108 valence electrons. The highest BCUT2D eigenvalue weighted by molar-refractivity contribution is 9.10. The molecule has 1 aromatic carbocycles. The van der Waals surface area contributed by atoms with Crippen LogP contribution < -0.4 is 11.3 Å². The molecule has 0 aliphatic carbocycles. The van der Waals surface area contributed by atoms with E-state index < -0.39 is 6.04 Å². The average molecular weight is 362 g/mol. The SMILES string of the molecule is CCCn1ncc(Cl)c1C(NN)c1ccc(Br)c(F)c1. The predicted molar refractivity (Wildman–Crippen MR) is 80.8 cm³/mol. The maximum atomic E-state index is 13.7. The summed E-state index contributed by atoms with van der Waals surface area (Å²) in [5, 5.41) is 4.73. The molecule has 0 spiro atoms. The van der Waals surface area contributed by atoms with Crippen LogP contribution in [0, 0.1) is 5.82 Å². The van der Waals surface area contributed by atoms with Crippen LogP contribution in [0.2, 0.25) is 5.02 Å². The van der Waals surface area contributed by atoms with Crippen LogP contribution in [0.1, 0.15) is 30.6 Å². The van der Waals surface area contributed by atoms with Gasteiger partial charge in [-0.3, -0.25) is 10.5 Å². The van der Waals surface area contributed by atoms with E-state index in [0.717, 1.165) is 18.7 Å². The molecule has 0 radical (unpaired) electrons. The first-order chi connectivity index (χ1) is 9.58. The lowest BCUT2D eigenvalue weighted by Gasteiger charge is -2.19. The number of rotatable bonds is 5. The summed E-state index contributed by atoms with van der Waals surface area (Å²) in [4.78, 5) is 0. The maximum Gasteiger partial charge on any atom is 0.137 e. The van der Waals surface area contributed by atoms with Crippen molar-refractivity contribution in [3.05, 3.63) is 51.0 Å². The number of hydrogen-bond donors (Lipinski definition) is 2. The average Bonchev–Trinajstić information content (AvgIpc) is 2.77. The van der Waals surface area contributed by atoms with E-state index in [9.17, 15) is 4.39 Å². The van der Waals surface area contributed by atoms with E-state index in [2.05, 4.69) is 26.5 Å². The van der Waals surface area contributed by atoms with Crippen molar-refractivity contribution in [1.29, 1.82) is 0 Å². The smallest absolute Gasteiger partial charge is 0.137 e. The minimum atomic E-state index is -0.417. The Hall–Kier alpha value is -0.950. The van der Waals surface area contributed by atoms with E-state index in [4.69, 9.17) is 17.4 Å². The Morgan fingerprint density at radius 1 is 1.55 bits per heavy atom. The standard InChI is InChI=1S/C13H15BrClFN4/c1-2-5-20-13(10(15)7-18-20)12(19-17)8-3-4-9(14)11(16)6-8/h3-4,6-7,12,19H,2,5,17H2,1H3. The van der Waals surface area contributed by atoms with Gasteiger partial charge in [-0.25, -0.2) is 9.82 Å². The van der Waals surface area contributed by atoms with Gasteiger partial charge in [-0.1, -0.05) is 24.6 Å². The molecule has 2 aromatic rings. The molecule has 1 heterocycles. The number of nitrogens with one attached hydrogen (secondary N) is 1. The third-order valence-corrected chi connectivity index (χ3v) is 3.92. The third kappa shape index (κ3) is 3.03. The second kappa shape index (κ2) is 6.67. The van der Waals surface area contributed by atoms with Gasteiger partial charge in [0.2, 0.25) is 0 Å². The summed E-state index contributed by atoms with van der Waals surface area (Å²) in [6, 6.07) is 4.44. The lowest BCUT2D eigenvalue weighted by atomic mass is 10.0. The van der Waals surface area contributed by atoms with E-state index >= 15 is 0 Å². The largest absolute Gasteiger partial charge is 0.271 e. The van der Waals surface area contributed by atoms with Crippen LogP contribution in [0.25, 0.3) is 0 Å². The number of hydrogen-bond acceptors (Lipinski definition) is 3. The number of aromatic nitrogens is 2. The second-order valence-corrected chi connectivity index (χ2v) is 5.64. The van der Waals surface area contributed by atoms with Gasteiger partial charge >= 0.3 is 0 Å². The highest BCUT2D eigenvalue weighted by Gasteiger charge is 2.21. The zero-order chi connectivity index (χ0) is 14.7. The van der Waals surface area contributed by atoms with Crippen LogP contribution >= 0.6 is 27.5 Å². The van der Waals surface area contributed by atoms with Gasteiger partial charge in [0.25, 0.3) is 0 Å². The number of halogens is 3. The molecule has 0 amide bonds. The molecule has 0 aliphatic rings. The van der Waals surface area contributed by atoms with E-state index in [-0.39, 0.29) is 5.82 Å². The summed E-state index contributed by atoms with van der Waals surface area (Å²) in [5.74, 6) is 5.29. The first-order valence-corrected chi connectivity index (χ1v) is 7.37. The molecule has 0 bridgehead atoms. The molecule has 7 heteroatoms. The molecule has 4 nitrogen and oxygen atoms in total. The van der Waals surface area contributed by atoms with E-state index in [1.165, 1.54) is 6.07 Å². The minimum Gasteiger partial charge on any atom is -0.271 e. The fraction of sp³-hybridized carbons (Fsp3) is 0.308. The van der Waals surface area contributed by atoms with E-state index in [1.807, 2.05) is 6.92 Å². The number of nitrogens with two attached hydrogens (primary N) is 1. The van der Waals surface area contributed by atoms with Gasteiger partial charge in [-0.2, -0.15) is 5.10 Å². The first-order valence-electron chi connectivity index (χ1n) is 6.20. The summed E-state index contributed by atoms with van der Waals surface area (Å²) < 4.78 is 15.9. The number of hydrazine groups is 1. The molecular weight excluding hydrogens is 347 g/mol. The van der Waals surface area contributed by atoms with Crippen LogP contribution in [-0.4, -0.2) is 9.78 Å². The van der Waals surface area contributed by atoms with Crippen molar-refractivity contribution in [2.24, 2.45) is 5.84 Å². The van der Waals surface area contributed by atoms with E-state index in [0.29, 0.717) is 15.1 Å². The van der Waals surface area contributed by atoms with Crippen LogP contribution in [0.15, 0.2) is 28.9 Å². The number of benzene rings is 1. The fourth-order valence-electron chi connectivity index (χ4n) is 2.07. The summed E-state index contributed by atoms with van der Waals surface area (Å²) in [6.45, 7) is 2.77. The highest BCUT2D eigenvalue weighted by atomic mass is 79.9. The van der Waals surface area contributed by atoms with Crippen molar-refractivity contribution in [1.82, 2.24) is 15.2 Å². The third-order valence-electron chi connectivity index (χ3n) is 2.99. The second-order valence-electron chi connectivity index (χ2n) is 4.37. The van der Waals surface area contributed by atoms with Crippen LogP contribution in [0.3, 0.4) is 0 Å². The zero-order valence-electron chi connectivity index (χ0n) is 10.9. The summed E-state index contributed by atoms with van der Waals surface area (Å²) in [7, 11) is 0. The Morgan fingerprint density at radius 2 is 2.30 bits per heavy atom. The van der Waals surface area contributed by atoms with Crippen LogP contribution in [0.5, 0.6) is 0 Å². The van der Waals surface area contributed by atoms with Gasteiger partial charge in [0, 0.05) is 6.54 Å². The minimum absolute atomic E-state index is 0.347. The Kier molecular flexibility index (Phi) is 5.15. The molecule has 0 fully saturated rings. The molecule has 1 unspecified atom stereocenters. The lowest BCUT2D eigenvalue weighted by Crippen LogP contribution is -2.31. The maximum absolute atomic E-state index is 13.7. The van der Waals surface area contributed by atoms with Gasteiger partial charge in [-0.15, -0.1) is 0 Å². The van der Waals surface area contributed by atoms with Gasteiger partial charge < -0.3 is 0 Å². The van der Waals surface area contributed by atoms with Crippen molar-refractivity contribution in [3.8, 4) is 0 Å². The molecule has 0 saturated carbocycles. The van der Waals surface area contributed by atoms with Gasteiger partial charge in [0.15, 0.2) is 0 Å². The van der Waals surface area contributed by atoms with Crippen LogP contribution in [-0.2, 0) is 6.54 Å². The molecule has 20 heavy (non-hydrogen) atoms. The number of nitrogens with zero attached hydrogens (tertiary/aromatic N) is 2. The first kappa shape index (κ1) is 15.4. The van der Waals surface area contributed by atoms with Gasteiger partial charge in [0.05, 0.1) is 27.4 Å². The summed E-state index contributed by atoms with van der Waals surface area (Å²) in [6.07, 6.45) is 2.49. The van der Waals surface area contributed by atoms with E-state index in [1.54, 1.807) is 23.0 Å². The Bertz CT molecular complexity index is 602. The summed E-state index contributed by atoms with van der Waals surface area (Å²) >= 11 is 9.33. The molecule has 0 saturated heterocycles. The zero-order valence-corrected chi connectivity index (χ0v) is 13.2.